The van der Waals surface area contributed by atoms with Crippen LogP contribution in [0.15, 0.2) is 18.7 Å². The molecule has 19 heteroatoms. The molecule has 0 saturated carbocycles. The van der Waals surface area contributed by atoms with Gasteiger partial charge in [-0.1, -0.05) is 12.7 Å². The lowest BCUT2D eigenvalue weighted by Crippen LogP contribution is -2.74. The van der Waals surface area contributed by atoms with E-state index in [0.717, 1.165) is 0 Å². The second kappa shape index (κ2) is 9.31. The summed E-state index contributed by atoms with van der Waals surface area (Å²) in [5, 5.41) is 0. The Hall–Kier alpha value is -2.50. The smallest absolute Gasteiger partial charge is 0.460 e. The van der Waals surface area contributed by atoms with E-state index < -0.39 is 82.5 Å². The highest BCUT2D eigenvalue weighted by Crippen LogP contribution is 2.65. The van der Waals surface area contributed by atoms with Crippen molar-refractivity contribution in [1.29, 1.82) is 0 Å². The second-order valence-corrected chi connectivity index (χ2v) is 7.77. The average Bonchev–Trinajstić information content (AvgIpc) is 2.72. The van der Waals surface area contributed by atoms with Gasteiger partial charge in [-0.3, -0.25) is 0 Å². The molecule has 0 amide bonds. The lowest BCUT2D eigenvalue weighted by molar-refractivity contribution is -0.462. The van der Waals surface area contributed by atoms with Crippen molar-refractivity contribution < 1.29 is 83.8 Å². The molecule has 0 N–H and O–H groups in total. The highest BCUT2D eigenvalue weighted by Gasteiger charge is 2.95. The molecule has 38 heavy (non-hydrogen) atoms. The van der Waals surface area contributed by atoms with E-state index in [4.69, 9.17) is 4.74 Å². The van der Waals surface area contributed by atoms with Crippen LogP contribution in [0, 0.1) is 5.82 Å². The highest BCUT2D eigenvalue weighted by molar-refractivity contribution is 5.58. The first-order valence-electron chi connectivity index (χ1n) is 9.35. The van der Waals surface area contributed by atoms with Crippen LogP contribution < -0.4 is 4.74 Å². The third-order valence-electron chi connectivity index (χ3n) is 4.73. The van der Waals surface area contributed by atoms with Crippen LogP contribution in [0.3, 0.4) is 0 Å². The molecule has 1 aromatic rings. The summed E-state index contributed by atoms with van der Waals surface area (Å²) in [7, 11) is 0. The number of ether oxygens (including phenoxy) is 1. The van der Waals surface area contributed by atoms with Gasteiger partial charge in [0.1, 0.15) is 0 Å². The zero-order chi connectivity index (χ0) is 30.7. The van der Waals surface area contributed by atoms with Gasteiger partial charge in [0.05, 0.1) is 6.10 Å². The Balaban J connectivity index is 3.83. The Morgan fingerprint density at radius 3 is 1.34 bits per heavy atom. The Morgan fingerprint density at radius 1 is 0.632 bits per heavy atom. The third kappa shape index (κ3) is 4.52. The van der Waals surface area contributed by atoms with Crippen molar-refractivity contribution >= 4 is 6.08 Å². The molecule has 0 unspecified atom stereocenters. The lowest BCUT2D eigenvalue weighted by atomic mass is 9.87. The molecule has 1 nitrogen and oxygen atoms in total. The topological polar surface area (TPSA) is 9.23 Å². The molecule has 0 atom stereocenters. The third-order valence-corrected chi connectivity index (χ3v) is 4.73. The van der Waals surface area contributed by atoms with Crippen molar-refractivity contribution in [2.24, 2.45) is 0 Å². The van der Waals surface area contributed by atoms with Gasteiger partial charge in [0.15, 0.2) is 11.6 Å². The summed E-state index contributed by atoms with van der Waals surface area (Å²) in [6, 6.07) is -1.06. The summed E-state index contributed by atoms with van der Waals surface area (Å²) >= 11 is 0. The monoisotopic (exact) mass is 598 g/mol. The van der Waals surface area contributed by atoms with Crippen LogP contribution in [0.2, 0.25) is 0 Å². The SMILES string of the molecule is C=Cc1cc(C(F)(F)C(F)(F)C(F)(F)C(F)(F)C(F)(F)C(F)(F)C(F)(F)C(F)(F)F)cc(F)c1OC(C)C. The zero-order valence-electron chi connectivity index (χ0n) is 18.2. The quantitative estimate of drug-likeness (QED) is 0.245. The summed E-state index contributed by atoms with van der Waals surface area (Å²) in [5.74, 6) is -60.7. The minimum absolute atomic E-state index is 0.333. The van der Waals surface area contributed by atoms with Gasteiger partial charge in [0.2, 0.25) is 0 Å². The molecule has 1 aromatic carbocycles. The van der Waals surface area contributed by atoms with E-state index in [-0.39, 0.29) is 6.07 Å². The minimum Gasteiger partial charge on any atom is -0.487 e. The zero-order valence-corrected chi connectivity index (χ0v) is 18.2. The van der Waals surface area contributed by atoms with E-state index in [2.05, 4.69) is 6.58 Å². The van der Waals surface area contributed by atoms with Crippen LogP contribution >= 0.6 is 0 Å². The van der Waals surface area contributed by atoms with E-state index >= 15 is 0 Å². The summed E-state index contributed by atoms with van der Waals surface area (Å²) in [4.78, 5) is 0. The van der Waals surface area contributed by atoms with Gasteiger partial charge in [0, 0.05) is 11.1 Å². The number of hydrogen-bond donors (Lipinski definition) is 0. The molecule has 0 heterocycles. The summed E-state index contributed by atoms with van der Waals surface area (Å²) in [5.41, 5.74) is -3.71. The van der Waals surface area contributed by atoms with E-state index in [1.54, 1.807) is 0 Å². The van der Waals surface area contributed by atoms with Crippen molar-refractivity contribution in [2.75, 3.05) is 0 Å². The van der Waals surface area contributed by atoms with E-state index in [9.17, 15) is 79.0 Å². The number of alkyl halides is 17. The normalized spacial score (nSPS) is 15.2. The Morgan fingerprint density at radius 2 is 1.00 bits per heavy atom. The molecule has 0 aliphatic carbocycles. The van der Waals surface area contributed by atoms with Gasteiger partial charge < -0.3 is 4.74 Å². The fourth-order valence-corrected chi connectivity index (χ4v) is 2.65. The lowest BCUT2D eigenvalue weighted by Gasteiger charge is -2.42. The second-order valence-electron chi connectivity index (χ2n) is 7.77. The van der Waals surface area contributed by atoms with Crippen molar-refractivity contribution in [1.82, 2.24) is 0 Å². The van der Waals surface area contributed by atoms with Gasteiger partial charge in [-0.15, -0.1) is 0 Å². The first-order chi connectivity index (χ1) is 16.5. The van der Waals surface area contributed by atoms with Gasteiger partial charge in [-0.25, -0.2) is 4.39 Å². The molecule has 0 radical (unpaired) electrons. The molecule has 0 saturated heterocycles. The number of hydrogen-bond acceptors (Lipinski definition) is 1. The Labute approximate surface area is 200 Å². The van der Waals surface area contributed by atoms with Gasteiger partial charge in [-0.2, -0.15) is 74.6 Å². The molecular weight excluding hydrogens is 586 g/mol. The molecule has 1 rings (SSSR count). The van der Waals surface area contributed by atoms with Crippen molar-refractivity contribution in [3.8, 4) is 5.75 Å². The number of halogens is 18. The van der Waals surface area contributed by atoms with Crippen molar-refractivity contribution in [3.63, 3.8) is 0 Å². The molecule has 220 valence electrons. The number of benzene rings is 1. The van der Waals surface area contributed by atoms with Crippen LogP contribution in [-0.2, 0) is 5.92 Å². The maximum Gasteiger partial charge on any atom is 0.460 e. The standard InChI is InChI=1S/C19H12F18O/c1-4-8-5-9(6-10(20)11(8)38-7(2)3)12(21,22)13(23,24)14(25,26)15(27,28)16(29,30)17(31,32)18(33,34)19(35,36)37/h4-7H,1H2,2-3H3. The van der Waals surface area contributed by atoms with Gasteiger partial charge in [0.25, 0.3) is 0 Å². The molecule has 0 aliphatic rings. The molecule has 0 bridgehead atoms. The van der Waals surface area contributed by atoms with Crippen LogP contribution in [0.5, 0.6) is 5.75 Å². The summed E-state index contributed by atoms with van der Waals surface area (Å²) in [6.07, 6.45) is -8.41. The largest absolute Gasteiger partial charge is 0.487 e. The van der Waals surface area contributed by atoms with Crippen LogP contribution in [0.4, 0.5) is 79.0 Å². The van der Waals surface area contributed by atoms with Crippen LogP contribution in [0.25, 0.3) is 6.08 Å². The van der Waals surface area contributed by atoms with E-state index in [0.29, 0.717) is 6.08 Å². The van der Waals surface area contributed by atoms with Crippen molar-refractivity contribution in [3.05, 3.63) is 35.7 Å². The first kappa shape index (κ1) is 33.5. The predicted octanol–water partition coefficient (Wildman–Crippen LogP) is 8.72. The Bertz CT molecular complexity index is 1040. The summed E-state index contributed by atoms with van der Waals surface area (Å²) in [6.45, 7) is 5.35. The molecular formula is C19H12F18O. The van der Waals surface area contributed by atoms with Crippen LogP contribution in [0.1, 0.15) is 25.0 Å². The first-order valence-corrected chi connectivity index (χ1v) is 9.35. The van der Waals surface area contributed by atoms with Gasteiger partial charge >= 0.3 is 47.6 Å². The Kier molecular flexibility index (Phi) is 8.21. The fourth-order valence-electron chi connectivity index (χ4n) is 2.65. The minimum atomic E-state index is -8.74. The van der Waals surface area contributed by atoms with E-state index in [1.165, 1.54) is 13.8 Å². The predicted molar refractivity (Wildman–Crippen MR) is 91.9 cm³/mol. The van der Waals surface area contributed by atoms with Crippen molar-refractivity contribution in [2.45, 2.75) is 67.6 Å². The van der Waals surface area contributed by atoms with E-state index in [1.807, 2.05) is 0 Å². The molecule has 0 spiro atoms. The molecule has 0 fully saturated rings. The summed E-state index contributed by atoms with van der Waals surface area (Å²) < 4.78 is 247. The maximum absolute atomic E-state index is 14.4. The molecule has 0 aliphatic heterocycles. The fraction of sp³-hybridized carbons (Fsp3) is 0.579. The van der Waals surface area contributed by atoms with Crippen LogP contribution in [-0.4, -0.2) is 47.8 Å². The average molecular weight is 598 g/mol. The number of rotatable bonds is 10. The maximum atomic E-state index is 14.4. The van der Waals surface area contributed by atoms with Gasteiger partial charge in [-0.05, 0) is 26.0 Å². The highest BCUT2D eigenvalue weighted by atomic mass is 19.4. The molecule has 0 aromatic heterocycles.